The molecule has 8 heteroatoms. The summed E-state index contributed by atoms with van der Waals surface area (Å²) in [5.41, 5.74) is 6.15. The highest BCUT2D eigenvalue weighted by molar-refractivity contribution is 7.21. The molecule has 0 saturated carbocycles. The number of thiazole rings is 1. The molecule has 0 unspecified atom stereocenters. The van der Waals surface area contributed by atoms with E-state index in [-0.39, 0.29) is 5.76 Å². The highest BCUT2D eigenvalue weighted by Gasteiger charge is 2.19. The molecule has 0 spiro atoms. The number of fused-ring (bicyclic) bond motifs is 1. The minimum Gasteiger partial charge on any atom is -0.451 e. The number of thiophene rings is 1. The van der Waals surface area contributed by atoms with Gasteiger partial charge in [0.15, 0.2) is 5.76 Å². The van der Waals surface area contributed by atoms with Crippen LogP contribution in [-0.2, 0) is 0 Å². The molecule has 3 heterocycles. The quantitative estimate of drug-likeness (QED) is 0.524. The van der Waals surface area contributed by atoms with Crippen molar-refractivity contribution in [3.63, 3.8) is 0 Å². The maximum Gasteiger partial charge on any atom is 0.305 e. The number of nitrogens with zero attached hydrogens (tertiary/aromatic N) is 1. The highest BCUT2D eigenvalue weighted by Crippen LogP contribution is 2.29. The summed E-state index contributed by atoms with van der Waals surface area (Å²) >= 11 is 2.82. The van der Waals surface area contributed by atoms with Crippen molar-refractivity contribution >= 4 is 45.5 Å². The first-order valence-electron chi connectivity index (χ1n) is 7.72. The van der Waals surface area contributed by atoms with Crippen LogP contribution in [0.25, 0.3) is 20.9 Å². The molecule has 6 nitrogen and oxygen atoms in total. The van der Waals surface area contributed by atoms with Gasteiger partial charge in [-0.25, -0.2) is 4.98 Å². The van der Waals surface area contributed by atoms with Crippen LogP contribution in [0.15, 0.2) is 52.4 Å². The van der Waals surface area contributed by atoms with Crippen LogP contribution >= 0.6 is 22.7 Å². The molecule has 130 valence electrons. The summed E-state index contributed by atoms with van der Waals surface area (Å²) < 4.78 is 5.58. The average molecular weight is 383 g/mol. The van der Waals surface area contributed by atoms with Gasteiger partial charge in [-0.05, 0) is 24.4 Å². The van der Waals surface area contributed by atoms with Crippen molar-refractivity contribution in [2.24, 2.45) is 0 Å². The molecule has 0 aliphatic rings. The molecule has 1 aromatic carbocycles. The van der Waals surface area contributed by atoms with Gasteiger partial charge < -0.3 is 4.42 Å². The molecule has 0 aliphatic carbocycles. The van der Waals surface area contributed by atoms with E-state index >= 15 is 0 Å². The summed E-state index contributed by atoms with van der Waals surface area (Å²) in [6.45, 7) is 1.80. The molecule has 0 saturated heterocycles. The van der Waals surface area contributed by atoms with Gasteiger partial charge in [-0.3, -0.25) is 20.4 Å². The number of rotatable bonds is 3. The second-order valence-electron chi connectivity index (χ2n) is 5.47. The molecular formula is C18H13N3O3S2. The van der Waals surface area contributed by atoms with E-state index in [1.54, 1.807) is 24.3 Å². The Morgan fingerprint density at radius 2 is 1.88 bits per heavy atom. The lowest BCUT2D eigenvalue weighted by atomic mass is 10.1. The summed E-state index contributed by atoms with van der Waals surface area (Å²) in [7, 11) is 0. The number of carbonyl (C=O) groups excluding carboxylic acids is 2. The van der Waals surface area contributed by atoms with Crippen molar-refractivity contribution in [2.45, 2.75) is 6.92 Å². The predicted octanol–water partition coefficient (Wildman–Crippen LogP) is 4.00. The molecule has 4 aromatic rings. The van der Waals surface area contributed by atoms with Crippen LogP contribution in [0.1, 0.15) is 25.8 Å². The van der Waals surface area contributed by atoms with Gasteiger partial charge in [-0.2, -0.15) is 0 Å². The van der Waals surface area contributed by atoms with Crippen LogP contribution in [0.2, 0.25) is 0 Å². The normalized spacial score (nSPS) is 10.8. The molecule has 0 bridgehead atoms. The first-order valence-corrected chi connectivity index (χ1v) is 9.41. The number of aryl methyl sites for hydroxylation is 1. The Balaban J connectivity index is 1.45. The molecule has 0 fully saturated rings. The molecule has 3 aromatic heterocycles. The molecule has 0 radical (unpaired) electrons. The number of furan rings is 1. The fourth-order valence-electron chi connectivity index (χ4n) is 2.52. The molecular weight excluding hydrogens is 370 g/mol. The van der Waals surface area contributed by atoms with Crippen molar-refractivity contribution in [3.05, 3.63) is 64.2 Å². The Hall–Kier alpha value is -2.97. The van der Waals surface area contributed by atoms with Crippen molar-refractivity contribution in [3.8, 4) is 9.88 Å². The van der Waals surface area contributed by atoms with E-state index in [0.717, 1.165) is 20.8 Å². The van der Waals surface area contributed by atoms with Gasteiger partial charge in [0.2, 0.25) is 0 Å². The van der Waals surface area contributed by atoms with Crippen LogP contribution < -0.4 is 10.9 Å². The van der Waals surface area contributed by atoms with Crippen molar-refractivity contribution in [1.82, 2.24) is 15.8 Å². The minimum absolute atomic E-state index is 0.176. The van der Waals surface area contributed by atoms with E-state index in [9.17, 15) is 9.59 Å². The number of hydrogen-bond donors (Lipinski definition) is 2. The van der Waals surface area contributed by atoms with E-state index < -0.39 is 11.8 Å². The van der Waals surface area contributed by atoms with Crippen LogP contribution in [0, 0.1) is 6.92 Å². The Labute approximate surface area is 156 Å². The second-order valence-corrected chi connectivity index (χ2v) is 7.45. The van der Waals surface area contributed by atoms with Crippen molar-refractivity contribution in [2.75, 3.05) is 0 Å². The lowest BCUT2D eigenvalue weighted by molar-refractivity contribution is 0.0833. The van der Waals surface area contributed by atoms with E-state index in [0.29, 0.717) is 10.5 Å². The molecule has 2 amide bonds. The lowest BCUT2D eigenvalue weighted by Gasteiger charge is -2.04. The zero-order chi connectivity index (χ0) is 18.1. The Morgan fingerprint density at radius 3 is 2.65 bits per heavy atom. The van der Waals surface area contributed by atoms with Crippen LogP contribution in [-0.4, -0.2) is 16.8 Å². The number of carbonyl (C=O) groups is 2. The third kappa shape index (κ3) is 3.00. The summed E-state index contributed by atoms with van der Waals surface area (Å²) in [6, 6.07) is 11.3. The summed E-state index contributed by atoms with van der Waals surface area (Å²) in [5, 5.41) is 3.59. The number of para-hydroxylation sites is 1. The number of aromatic nitrogens is 1. The average Bonchev–Trinajstić information content (AvgIpc) is 3.39. The summed E-state index contributed by atoms with van der Waals surface area (Å²) in [5.74, 6) is -0.752. The predicted molar refractivity (Wildman–Crippen MR) is 101 cm³/mol. The van der Waals surface area contributed by atoms with Gasteiger partial charge >= 0.3 is 5.91 Å². The number of hydrogen-bond acceptors (Lipinski definition) is 6. The van der Waals surface area contributed by atoms with Gasteiger partial charge in [0.1, 0.15) is 15.5 Å². The number of nitrogens with one attached hydrogen (secondary N) is 2. The first-order chi connectivity index (χ1) is 12.6. The van der Waals surface area contributed by atoms with E-state index in [1.165, 1.54) is 17.5 Å². The standard InChI is InChI=1S/C18H13N3O3S2/c1-10-11-5-2-3-6-12(11)24-15(10)17(23)21-20-16(22)14-9-19-18(26-14)13-7-4-8-25-13/h2-9H,1H3,(H,20,22)(H,21,23). The molecule has 26 heavy (non-hydrogen) atoms. The number of hydrazine groups is 1. The highest BCUT2D eigenvalue weighted by atomic mass is 32.1. The van der Waals surface area contributed by atoms with Crippen LogP contribution in [0.4, 0.5) is 0 Å². The maximum absolute atomic E-state index is 12.3. The Bertz CT molecular complexity index is 1100. The summed E-state index contributed by atoms with van der Waals surface area (Å²) in [6.07, 6.45) is 1.49. The topological polar surface area (TPSA) is 84.2 Å². The van der Waals surface area contributed by atoms with Gasteiger partial charge in [-0.1, -0.05) is 24.3 Å². The Morgan fingerprint density at radius 1 is 1.08 bits per heavy atom. The fourth-order valence-corrected chi connectivity index (χ4v) is 4.13. The molecule has 0 aliphatic heterocycles. The van der Waals surface area contributed by atoms with Gasteiger partial charge in [-0.15, -0.1) is 22.7 Å². The molecule has 0 atom stereocenters. The largest absolute Gasteiger partial charge is 0.451 e. The fraction of sp³-hybridized carbons (Fsp3) is 0.0556. The number of amides is 2. The lowest BCUT2D eigenvalue weighted by Crippen LogP contribution is -2.41. The first kappa shape index (κ1) is 16.5. The van der Waals surface area contributed by atoms with E-state index in [1.807, 2.05) is 35.7 Å². The van der Waals surface area contributed by atoms with Crippen molar-refractivity contribution in [1.29, 1.82) is 0 Å². The third-order valence-electron chi connectivity index (χ3n) is 3.80. The SMILES string of the molecule is Cc1c(C(=O)NNC(=O)c2cnc(-c3cccs3)s2)oc2ccccc12. The zero-order valence-electron chi connectivity index (χ0n) is 13.6. The Kier molecular flexibility index (Phi) is 4.27. The maximum atomic E-state index is 12.3. The molecule has 2 N–H and O–H groups in total. The van der Waals surface area contributed by atoms with E-state index in [2.05, 4.69) is 15.8 Å². The monoisotopic (exact) mass is 383 g/mol. The minimum atomic E-state index is -0.505. The number of benzene rings is 1. The zero-order valence-corrected chi connectivity index (χ0v) is 15.2. The van der Waals surface area contributed by atoms with Gasteiger partial charge in [0.25, 0.3) is 5.91 Å². The van der Waals surface area contributed by atoms with Gasteiger partial charge in [0, 0.05) is 10.9 Å². The van der Waals surface area contributed by atoms with E-state index in [4.69, 9.17) is 4.42 Å². The summed E-state index contributed by atoms with van der Waals surface area (Å²) in [4.78, 5) is 30.2. The third-order valence-corrected chi connectivity index (χ3v) is 5.84. The van der Waals surface area contributed by atoms with Crippen LogP contribution in [0.5, 0.6) is 0 Å². The van der Waals surface area contributed by atoms with Crippen LogP contribution in [0.3, 0.4) is 0 Å². The van der Waals surface area contributed by atoms with Crippen molar-refractivity contribution < 1.29 is 14.0 Å². The second kappa shape index (κ2) is 6.74. The molecule has 4 rings (SSSR count). The van der Waals surface area contributed by atoms with Gasteiger partial charge in [0.05, 0.1) is 11.1 Å². The smallest absolute Gasteiger partial charge is 0.305 e.